The molecule has 0 unspecified atom stereocenters. The summed E-state index contributed by atoms with van der Waals surface area (Å²) in [5.74, 6) is -0.487. The van der Waals surface area contributed by atoms with E-state index in [9.17, 15) is 9.90 Å². The first-order valence-electron chi connectivity index (χ1n) is 13.2. The van der Waals surface area contributed by atoms with Crippen molar-refractivity contribution < 1.29 is 9.90 Å². The van der Waals surface area contributed by atoms with Gasteiger partial charge in [-0.05, 0) is 0 Å². The fourth-order valence-corrected chi connectivity index (χ4v) is 17.1. The number of carbonyl (C=O) groups is 1. The Morgan fingerprint density at radius 2 is 0.793 bits per heavy atom. The Kier molecular flexibility index (Phi) is 21.7. The van der Waals surface area contributed by atoms with E-state index >= 15 is 0 Å². The molecule has 0 heterocycles. The maximum absolute atomic E-state index is 11.8. The molecule has 174 valence electrons. The van der Waals surface area contributed by atoms with Crippen LogP contribution in [0.4, 0.5) is 0 Å². The first-order valence-corrected chi connectivity index (χ1v) is 20.4. The number of aliphatic carboxylic acids is 1. The molecule has 0 amide bonds. The van der Waals surface area contributed by atoms with Gasteiger partial charge in [-0.1, -0.05) is 0 Å². The zero-order valence-corrected chi connectivity index (χ0v) is 22.9. The fraction of sp³-hybridized carbons (Fsp3) is 0.962. The maximum atomic E-state index is 11.8. The Morgan fingerprint density at radius 3 is 1.07 bits per heavy atom. The summed E-state index contributed by atoms with van der Waals surface area (Å²) >= 11 is -2.42. The molecule has 1 N–H and O–H groups in total. The van der Waals surface area contributed by atoms with Crippen molar-refractivity contribution in [3.8, 4) is 0 Å². The second kappa shape index (κ2) is 21.5. The molecule has 0 saturated heterocycles. The number of unbranched alkanes of at least 4 members (excludes halogenated alkanes) is 15. The normalized spacial score (nSPS) is 11.8. The zero-order chi connectivity index (χ0) is 21.6. The predicted octanol–water partition coefficient (Wildman–Crippen LogP) is 9.60. The van der Waals surface area contributed by atoms with Crippen LogP contribution in [0.2, 0.25) is 17.5 Å². The van der Waals surface area contributed by atoms with Crippen molar-refractivity contribution in [2.45, 2.75) is 154 Å². The van der Waals surface area contributed by atoms with Gasteiger partial charge in [0.15, 0.2) is 0 Å². The summed E-state index contributed by atoms with van der Waals surface area (Å²) in [4.78, 5) is 11.8. The zero-order valence-electron chi connectivity index (χ0n) is 20.4. The molecule has 0 radical (unpaired) electrons. The van der Waals surface area contributed by atoms with E-state index < -0.39 is 24.8 Å². The summed E-state index contributed by atoms with van der Waals surface area (Å²) in [5.41, 5.74) is 0. The summed E-state index contributed by atoms with van der Waals surface area (Å²) in [5, 5.41) is 9.72. The number of hydrogen-bond acceptors (Lipinski definition) is 1. The number of carboxylic acid groups (broad SMARTS) is 1. The first kappa shape index (κ1) is 29.3. The molecule has 29 heavy (non-hydrogen) atoms. The molecule has 0 bridgehead atoms. The van der Waals surface area contributed by atoms with Crippen LogP contribution in [0.1, 0.15) is 136 Å². The van der Waals surface area contributed by atoms with Crippen LogP contribution in [0.3, 0.4) is 0 Å². The molecule has 0 aromatic heterocycles. The van der Waals surface area contributed by atoms with Crippen LogP contribution in [0, 0.1) is 0 Å². The molecule has 0 aliphatic rings. The summed E-state index contributed by atoms with van der Waals surface area (Å²) < 4.78 is 4.60. The first-order chi connectivity index (χ1) is 14.1. The minimum atomic E-state index is -2.42. The SMILES string of the molecule is CCCCCCC[CH2][Sb+]([CH2]CCCCCCC)([CH2]CCCCCCC)[CH2]C(=O)O. The van der Waals surface area contributed by atoms with Crippen molar-refractivity contribution in [2.75, 3.05) is 0 Å². The molecule has 0 aliphatic carbocycles. The van der Waals surface area contributed by atoms with E-state index in [1.807, 2.05) is 0 Å². The molecule has 0 rings (SSSR count). The average Bonchev–Trinajstić information content (AvgIpc) is 2.69. The van der Waals surface area contributed by atoms with E-state index in [0.717, 1.165) is 0 Å². The Balaban J connectivity index is 4.59. The van der Waals surface area contributed by atoms with Crippen molar-refractivity contribution >= 4 is 24.8 Å². The van der Waals surface area contributed by atoms with Crippen molar-refractivity contribution in [3.05, 3.63) is 0 Å². The van der Waals surface area contributed by atoms with Gasteiger partial charge >= 0.3 is 188 Å². The van der Waals surface area contributed by atoms with Crippen LogP contribution in [0.25, 0.3) is 0 Å². The monoisotopic (exact) mass is 519 g/mol. The minimum absolute atomic E-state index is 0.487. The van der Waals surface area contributed by atoms with Crippen LogP contribution in [-0.2, 0) is 4.79 Å². The third-order valence-corrected chi connectivity index (χ3v) is 19.9. The molecule has 3 heteroatoms. The van der Waals surface area contributed by atoms with Crippen molar-refractivity contribution in [3.63, 3.8) is 0 Å². The fourth-order valence-electron chi connectivity index (χ4n) is 4.54. The van der Waals surface area contributed by atoms with Crippen molar-refractivity contribution in [2.24, 2.45) is 0 Å². The Morgan fingerprint density at radius 1 is 0.517 bits per heavy atom. The van der Waals surface area contributed by atoms with Gasteiger partial charge in [0.2, 0.25) is 0 Å². The van der Waals surface area contributed by atoms with Gasteiger partial charge in [0.1, 0.15) is 0 Å². The third-order valence-electron chi connectivity index (χ3n) is 6.43. The van der Waals surface area contributed by atoms with Gasteiger partial charge in [0.25, 0.3) is 0 Å². The number of carboxylic acids is 1. The van der Waals surface area contributed by atoms with E-state index in [1.165, 1.54) is 129 Å². The van der Waals surface area contributed by atoms with E-state index in [0.29, 0.717) is 4.37 Å². The van der Waals surface area contributed by atoms with Gasteiger partial charge in [0.05, 0.1) is 0 Å². The molecule has 0 atom stereocenters. The third kappa shape index (κ3) is 18.8. The molecule has 0 aromatic carbocycles. The molecular formula is C26H54O2Sb+. The Bertz CT molecular complexity index is 316. The molecule has 0 saturated carbocycles. The summed E-state index contributed by atoms with van der Waals surface area (Å²) in [6.45, 7) is 6.82. The van der Waals surface area contributed by atoms with Crippen LogP contribution in [-0.4, -0.2) is 29.9 Å². The molecule has 2 nitrogen and oxygen atoms in total. The van der Waals surface area contributed by atoms with Gasteiger partial charge in [-0.3, -0.25) is 0 Å². The van der Waals surface area contributed by atoms with Gasteiger partial charge in [0, 0.05) is 0 Å². The van der Waals surface area contributed by atoms with Crippen molar-refractivity contribution in [1.29, 1.82) is 0 Å². The molecule has 0 fully saturated rings. The van der Waals surface area contributed by atoms with Gasteiger partial charge in [-0.25, -0.2) is 0 Å². The Labute approximate surface area is 188 Å². The quantitative estimate of drug-likeness (QED) is 0.108. The van der Waals surface area contributed by atoms with Crippen molar-refractivity contribution in [1.82, 2.24) is 0 Å². The number of hydrogen-bond donors (Lipinski definition) is 1. The summed E-state index contributed by atoms with van der Waals surface area (Å²) in [7, 11) is 0. The van der Waals surface area contributed by atoms with Crippen LogP contribution in [0.5, 0.6) is 0 Å². The van der Waals surface area contributed by atoms with Crippen LogP contribution >= 0.6 is 0 Å². The van der Waals surface area contributed by atoms with E-state index in [1.54, 1.807) is 0 Å². The van der Waals surface area contributed by atoms with Gasteiger partial charge < -0.3 is 0 Å². The summed E-state index contributed by atoms with van der Waals surface area (Å²) in [6, 6.07) is 0. The Hall–Kier alpha value is 0.288. The molecular weight excluding hydrogens is 466 g/mol. The van der Waals surface area contributed by atoms with Gasteiger partial charge in [-0.15, -0.1) is 0 Å². The number of rotatable bonds is 23. The molecule has 0 aromatic rings. The van der Waals surface area contributed by atoms with Crippen LogP contribution in [0.15, 0.2) is 0 Å². The molecule has 0 aliphatic heterocycles. The second-order valence-electron chi connectivity index (χ2n) is 9.37. The van der Waals surface area contributed by atoms with Crippen LogP contribution < -0.4 is 0 Å². The second-order valence-corrected chi connectivity index (χ2v) is 21.8. The van der Waals surface area contributed by atoms with E-state index in [-0.39, 0.29) is 0 Å². The summed E-state index contributed by atoms with van der Waals surface area (Å²) in [6.07, 6.45) is 24.1. The standard InChI is InChI=1S/3C8H17.C2H3O2.Sb/c3*1-3-5-7-8-6-4-2;1-2(3)4;/h3*1,3-8H2,2H3;1H2,(H,3,4);/q;;;;+1. The van der Waals surface area contributed by atoms with E-state index in [4.69, 9.17) is 0 Å². The molecule has 0 spiro atoms. The van der Waals surface area contributed by atoms with Gasteiger partial charge in [-0.2, -0.15) is 0 Å². The predicted molar refractivity (Wildman–Crippen MR) is 133 cm³/mol. The van der Waals surface area contributed by atoms with E-state index in [2.05, 4.69) is 20.8 Å². The average molecular weight is 520 g/mol. The topological polar surface area (TPSA) is 37.3 Å².